The number of hydrogen-bond donors (Lipinski definition) is 1. The van der Waals surface area contributed by atoms with Gasteiger partial charge in [-0.05, 0) is 38.6 Å². The number of carbonyl (C=O) groups is 1. The van der Waals surface area contributed by atoms with Gasteiger partial charge in [0.1, 0.15) is 0 Å². The molecule has 0 radical (unpaired) electrons. The lowest BCUT2D eigenvalue weighted by Gasteiger charge is -2.29. The third-order valence-corrected chi connectivity index (χ3v) is 3.41. The van der Waals surface area contributed by atoms with Gasteiger partial charge in [-0.3, -0.25) is 4.79 Å². The molecule has 1 saturated heterocycles. The summed E-state index contributed by atoms with van der Waals surface area (Å²) in [4.78, 5) is 11.1. The molecule has 0 aliphatic carbocycles. The molecule has 1 N–H and O–H groups in total. The molecule has 4 heteroatoms. The van der Waals surface area contributed by atoms with Crippen molar-refractivity contribution >= 4 is 5.97 Å². The maximum absolute atomic E-state index is 11.1. The summed E-state index contributed by atoms with van der Waals surface area (Å²) in [6.07, 6.45) is 4.82. The molecule has 0 amide bonds. The molecule has 1 aliphatic rings. The van der Waals surface area contributed by atoms with Crippen LogP contribution in [-0.2, 0) is 14.3 Å². The second kappa shape index (κ2) is 9.34. The predicted octanol–water partition coefficient (Wildman–Crippen LogP) is 2.12. The average molecular weight is 257 g/mol. The Hall–Kier alpha value is -0.610. The molecule has 0 aromatic rings. The fraction of sp³-hybridized carbons (Fsp3) is 0.929. The minimum atomic E-state index is -0.0662. The number of rotatable bonds is 8. The van der Waals surface area contributed by atoms with E-state index in [0.29, 0.717) is 25.0 Å². The summed E-state index contributed by atoms with van der Waals surface area (Å²) in [6, 6.07) is 0.601. The van der Waals surface area contributed by atoms with Crippen LogP contribution in [-0.4, -0.2) is 38.4 Å². The summed E-state index contributed by atoms with van der Waals surface area (Å²) in [7, 11) is 0. The van der Waals surface area contributed by atoms with Crippen LogP contribution in [0.15, 0.2) is 0 Å². The first-order chi connectivity index (χ1) is 8.74. The van der Waals surface area contributed by atoms with Gasteiger partial charge in [-0.15, -0.1) is 0 Å². The lowest BCUT2D eigenvalue weighted by atomic mass is 9.98. The number of carbonyl (C=O) groups excluding carboxylic acids is 1. The Balaban J connectivity index is 1.93. The summed E-state index contributed by atoms with van der Waals surface area (Å²) in [5.41, 5.74) is 0. The van der Waals surface area contributed by atoms with Crippen LogP contribution in [0, 0.1) is 5.92 Å². The van der Waals surface area contributed by atoms with E-state index in [-0.39, 0.29) is 5.97 Å². The fourth-order valence-corrected chi connectivity index (χ4v) is 2.28. The van der Waals surface area contributed by atoms with Crippen LogP contribution in [0.25, 0.3) is 0 Å². The molecule has 1 rings (SSSR count). The first-order valence-corrected chi connectivity index (χ1v) is 7.20. The number of ether oxygens (including phenoxy) is 2. The summed E-state index contributed by atoms with van der Waals surface area (Å²) in [5.74, 6) is 0.543. The normalized spacial score (nSPS) is 23.9. The standard InChI is InChI=1S/C14H27NO3/c1-3-18-14(16)7-5-4-6-9-15-13-8-10-17-11-12(13)2/h12-13,15H,3-11H2,1-2H3. The van der Waals surface area contributed by atoms with Crippen molar-refractivity contribution in [3.05, 3.63) is 0 Å². The van der Waals surface area contributed by atoms with E-state index in [2.05, 4.69) is 12.2 Å². The van der Waals surface area contributed by atoms with E-state index in [9.17, 15) is 4.79 Å². The van der Waals surface area contributed by atoms with Gasteiger partial charge in [-0.2, -0.15) is 0 Å². The number of unbranched alkanes of at least 4 members (excludes halogenated alkanes) is 2. The van der Waals surface area contributed by atoms with Crippen molar-refractivity contribution in [1.82, 2.24) is 5.32 Å². The topological polar surface area (TPSA) is 47.6 Å². The minimum Gasteiger partial charge on any atom is -0.466 e. The molecule has 4 nitrogen and oxygen atoms in total. The van der Waals surface area contributed by atoms with Gasteiger partial charge in [0, 0.05) is 19.1 Å². The van der Waals surface area contributed by atoms with Crippen molar-refractivity contribution in [3.63, 3.8) is 0 Å². The molecule has 0 spiro atoms. The first-order valence-electron chi connectivity index (χ1n) is 7.20. The third kappa shape index (κ3) is 6.36. The molecule has 1 heterocycles. The SMILES string of the molecule is CCOC(=O)CCCCCNC1CCOCC1C. The summed E-state index contributed by atoms with van der Waals surface area (Å²) >= 11 is 0. The smallest absolute Gasteiger partial charge is 0.305 e. The van der Waals surface area contributed by atoms with E-state index in [1.807, 2.05) is 6.92 Å². The molecule has 0 aromatic heterocycles. The van der Waals surface area contributed by atoms with Crippen molar-refractivity contribution in [1.29, 1.82) is 0 Å². The highest BCUT2D eigenvalue weighted by Gasteiger charge is 2.20. The molecule has 18 heavy (non-hydrogen) atoms. The van der Waals surface area contributed by atoms with Crippen molar-refractivity contribution in [2.75, 3.05) is 26.4 Å². The van der Waals surface area contributed by atoms with E-state index < -0.39 is 0 Å². The van der Waals surface area contributed by atoms with E-state index >= 15 is 0 Å². The zero-order valence-electron chi connectivity index (χ0n) is 11.7. The van der Waals surface area contributed by atoms with Crippen LogP contribution in [0.3, 0.4) is 0 Å². The summed E-state index contributed by atoms with van der Waals surface area (Å²) in [6.45, 7) is 7.36. The molecule has 0 saturated carbocycles. The first kappa shape index (κ1) is 15.4. The third-order valence-electron chi connectivity index (χ3n) is 3.41. The van der Waals surface area contributed by atoms with Crippen LogP contribution >= 0.6 is 0 Å². The Labute approximate surface area is 110 Å². The highest BCUT2D eigenvalue weighted by molar-refractivity contribution is 5.69. The molecular formula is C14H27NO3. The summed E-state index contributed by atoms with van der Waals surface area (Å²) < 4.78 is 10.3. The Kier molecular flexibility index (Phi) is 8.01. The van der Waals surface area contributed by atoms with Gasteiger partial charge in [0.2, 0.25) is 0 Å². The Morgan fingerprint density at radius 2 is 2.22 bits per heavy atom. The quantitative estimate of drug-likeness (QED) is 0.534. The second-order valence-electron chi connectivity index (χ2n) is 5.02. The van der Waals surface area contributed by atoms with Crippen LogP contribution in [0.5, 0.6) is 0 Å². The van der Waals surface area contributed by atoms with E-state index in [0.717, 1.165) is 45.4 Å². The van der Waals surface area contributed by atoms with E-state index in [4.69, 9.17) is 9.47 Å². The van der Waals surface area contributed by atoms with Crippen LogP contribution < -0.4 is 5.32 Å². The molecule has 2 atom stereocenters. The van der Waals surface area contributed by atoms with Crippen LogP contribution in [0.2, 0.25) is 0 Å². The summed E-state index contributed by atoms with van der Waals surface area (Å²) in [5, 5.41) is 3.59. The van der Waals surface area contributed by atoms with Gasteiger partial charge in [-0.1, -0.05) is 13.3 Å². The lowest BCUT2D eigenvalue weighted by Crippen LogP contribution is -2.41. The zero-order chi connectivity index (χ0) is 13.2. The zero-order valence-corrected chi connectivity index (χ0v) is 11.7. The maximum Gasteiger partial charge on any atom is 0.305 e. The molecule has 1 aliphatic heterocycles. The molecule has 2 unspecified atom stereocenters. The number of hydrogen-bond acceptors (Lipinski definition) is 4. The predicted molar refractivity (Wildman–Crippen MR) is 71.5 cm³/mol. The van der Waals surface area contributed by atoms with Gasteiger partial charge < -0.3 is 14.8 Å². The van der Waals surface area contributed by atoms with Gasteiger partial charge in [0.05, 0.1) is 13.2 Å². The molecule has 0 aromatic carbocycles. The molecular weight excluding hydrogens is 230 g/mol. The average Bonchev–Trinajstić information content (AvgIpc) is 2.36. The van der Waals surface area contributed by atoms with Gasteiger partial charge in [0.15, 0.2) is 0 Å². The van der Waals surface area contributed by atoms with Crippen molar-refractivity contribution in [2.45, 2.75) is 52.0 Å². The Morgan fingerprint density at radius 3 is 2.94 bits per heavy atom. The highest BCUT2D eigenvalue weighted by Crippen LogP contribution is 2.13. The van der Waals surface area contributed by atoms with Crippen molar-refractivity contribution in [2.24, 2.45) is 5.92 Å². The van der Waals surface area contributed by atoms with Crippen molar-refractivity contribution in [3.8, 4) is 0 Å². The monoisotopic (exact) mass is 257 g/mol. The molecule has 0 bridgehead atoms. The molecule has 1 fully saturated rings. The number of esters is 1. The van der Waals surface area contributed by atoms with Crippen LogP contribution in [0.1, 0.15) is 46.0 Å². The lowest BCUT2D eigenvalue weighted by molar-refractivity contribution is -0.143. The largest absolute Gasteiger partial charge is 0.466 e. The van der Waals surface area contributed by atoms with E-state index in [1.54, 1.807) is 0 Å². The maximum atomic E-state index is 11.1. The van der Waals surface area contributed by atoms with Crippen LogP contribution in [0.4, 0.5) is 0 Å². The second-order valence-corrected chi connectivity index (χ2v) is 5.02. The number of nitrogens with one attached hydrogen (secondary N) is 1. The Bertz CT molecular complexity index is 233. The van der Waals surface area contributed by atoms with Crippen molar-refractivity contribution < 1.29 is 14.3 Å². The highest BCUT2D eigenvalue weighted by atomic mass is 16.5. The molecule has 106 valence electrons. The fourth-order valence-electron chi connectivity index (χ4n) is 2.28. The minimum absolute atomic E-state index is 0.0662. The van der Waals surface area contributed by atoms with Gasteiger partial charge in [-0.25, -0.2) is 0 Å². The van der Waals surface area contributed by atoms with Gasteiger partial charge >= 0.3 is 5.97 Å². The van der Waals surface area contributed by atoms with Gasteiger partial charge in [0.25, 0.3) is 0 Å². The van der Waals surface area contributed by atoms with E-state index in [1.165, 1.54) is 0 Å². The Morgan fingerprint density at radius 1 is 1.39 bits per heavy atom.